The molecule has 0 spiro atoms. The molecule has 0 saturated carbocycles. The van der Waals surface area contributed by atoms with Crippen LogP contribution in [0.3, 0.4) is 0 Å². The molecule has 1 aromatic carbocycles. The van der Waals surface area contributed by atoms with Crippen LogP contribution in [-0.2, 0) is 24.3 Å². The van der Waals surface area contributed by atoms with Crippen molar-refractivity contribution in [2.24, 2.45) is 5.92 Å². The van der Waals surface area contributed by atoms with Crippen LogP contribution < -0.4 is 5.56 Å². The van der Waals surface area contributed by atoms with Crippen molar-refractivity contribution in [3.8, 4) is 0 Å². The Labute approximate surface area is 138 Å². The number of carbonyl (C=O) groups is 1. The minimum Gasteiger partial charge on any atom is -0.338 e. The van der Waals surface area contributed by atoms with E-state index in [4.69, 9.17) is 0 Å². The van der Waals surface area contributed by atoms with Crippen molar-refractivity contribution in [1.29, 1.82) is 0 Å². The zero-order chi connectivity index (χ0) is 15.8. The highest BCUT2D eigenvalue weighted by Gasteiger charge is 2.31. The van der Waals surface area contributed by atoms with Gasteiger partial charge in [0.15, 0.2) is 5.16 Å². The molecule has 6 heteroatoms. The standard InChI is InChI=1S/C17H17N3O2S/c21-15-5-7-18-17-20(15)10-14(11-23-17)16(22)19-8-6-12-3-1-2-4-13(12)9-19/h1-5,7,14H,6,8-11H2/t14-/m0/s1. The van der Waals surface area contributed by atoms with Crippen molar-refractivity contribution in [2.75, 3.05) is 12.3 Å². The average Bonchev–Trinajstić information content (AvgIpc) is 2.61. The minimum absolute atomic E-state index is 0.0796. The molecule has 5 nitrogen and oxygen atoms in total. The van der Waals surface area contributed by atoms with Gasteiger partial charge < -0.3 is 4.90 Å². The van der Waals surface area contributed by atoms with Crippen LogP contribution in [0.15, 0.2) is 46.5 Å². The van der Waals surface area contributed by atoms with Crippen LogP contribution in [0.5, 0.6) is 0 Å². The average molecular weight is 327 g/mol. The molecule has 0 saturated heterocycles. The zero-order valence-corrected chi connectivity index (χ0v) is 13.5. The van der Waals surface area contributed by atoms with Crippen molar-refractivity contribution in [3.05, 3.63) is 58.0 Å². The summed E-state index contributed by atoms with van der Waals surface area (Å²) in [6.07, 6.45) is 2.44. The molecule has 2 aliphatic heterocycles. The van der Waals surface area contributed by atoms with E-state index in [0.717, 1.165) is 13.0 Å². The highest BCUT2D eigenvalue weighted by Crippen LogP contribution is 2.27. The largest absolute Gasteiger partial charge is 0.338 e. The molecular formula is C17H17N3O2S. The molecule has 4 rings (SSSR count). The fourth-order valence-electron chi connectivity index (χ4n) is 3.24. The van der Waals surface area contributed by atoms with E-state index in [2.05, 4.69) is 17.1 Å². The summed E-state index contributed by atoms with van der Waals surface area (Å²) in [5, 5.41) is 0.713. The summed E-state index contributed by atoms with van der Waals surface area (Å²) in [4.78, 5) is 31.0. The van der Waals surface area contributed by atoms with E-state index in [1.807, 2.05) is 17.0 Å². The topological polar surface area (TPSA) is 55.2 Å². The number of aromatic nitrogens is 2. The normalized spacial score (nSPS) is 19.8. The summed E-state index contributed by atoms with van der Waals surface area (Å²) in [6, 6.07) is 9.74. The van der Waals surface area contributed by atoms with Gasteiger partial charge >= 0.3 is 0 Å². The highest BCUT2D eigenvalue weighted by atomic mass is 32.2. The molecule has 0 aliphatic carbocycles. The lowest BCUT2D eigenvalue weighted by molar-refractivity contribution is -0.136. The fraction of sp³-hybridized carbons (Fsp3) is 0.353. The Morgan fingerprint density at radius 1 is 1.22 bits per heavy atom. The maximum absolute atomic E-state index is 12.9. The van der Waals surface area contributed by atoms with Crippen LogP contribution in [0.2, 0.25) is 0 Å². The van der Waals surface area contributed by atoms with E-state index in [1.165, 1.54) is 35.2 Å². The summed E-state index contributed by atoms with van der Waals surface area (Å²) < 4.78 is 1.62. The Morgan fingerprint density at radius 3 is 2.91 bits per heavy atom. The van der Waals surface area contributed by atoms with E-state index in [9.17, 15) is 9.59 Å². The highest BCUT2D eigenvalue weighted by molar-refractivity contribution is 7.99. The molecular weight excluding hydrogens is 310 g/mol. The molecule has 3 heterocycles. The third kappa shape index (κ3) is 2.67. The third-order valence-electron chi connectivity index (χ3n) is 4.51. The van der Waals surface area contributed by atoms with Crippen LogP contribution in [0.1, 0.15) is 11.1 Å². The van der Waals surface area contributed by atoms with Gasteiger partial charge in [0, 0.05) is 37.7 Å². The van der Waals surface area contributed by atoms with E-state index in [-0.39, 0.29) is 17.4 Å². The first kappa shape index (κ1) is 14.5. The first-order valence-electron chi connectivity index (χ1n) is 7.76. The molecule has 2 aliphatic rings. The molecule has 0 N–H and O–H groups in total. The third-order valence-corrected chi connectivity index (χ3v) is 5.66. The predicted octanol–water partition coefficient (Wildman–Crippen LogP) is 1.55. The molecule has 23 heavy (non-hydrogen) atoms. The minimum atomic E-state index is -0.153. The van der Waals surface area contributed by atoms with Crippen molar-refractivity contribution in [2.45, 2.75) is 24.7 Å². The van der Waals surface area contributed by atoms with Crippen LogP contribution in [-0.4, -0.2) is 32.7 Å². The van der Waals surface area contributed by atoms with Gasteiger partial charge in [0.2, 0.25) is 5.91 Å². The molecule has 0 unspecified atom stereocenters. The number of carbonyl (C=O) groups excluding carboxylic acids is 1. The van der Waals surface area contributed by atoms with Crippen molar-refractivity contribution < 1.29 is 4.79 Å². The number of benzene rings is 1. The van der Waals surface area contributed by atoms with E-state index in [1.54, 1.807) is 4.57 Å². The second-order valence-corrected chi connectivity index (χ2v) is 6.95. The SMILES string of the molecule is O=C([C@@H]1CSc2nccc(=O)n2C1)N1CCc2ccccc2C1. The van der Waals surface area contributed by atoms with E-state index >= 15 is 0 Å². The number of amides is 1. The van der Waals surface area contributed by atoms with E-state index in [0.29, 0.717) is 24.0 Å². The lowest BCUT2D eigenvalue weighted by atomic mass is 9.98. The second-order valence-electron chi connectivity index (χ2n) is 5.96. The number of hydrogen-bond acceptors (Lipinski definition) is 4. The quantitative estimate of drug-likeness (QED) is 0.746. The number of hydrogen-bond donors (Lipinski definition) is 0. The molecule has 2 aromatic rings. The molecule has 0 fully saturated rings. The van der Waals surface area contributed by atoms with Gasteiger partial charge in [-0.2, -0.15) is 0 Å². The Kier molecular flexibility index (Phi) is 3.69. The van der Waals surface area contributed by atoms with Crippen molar-refractivity contribution >= 4 is 17.7 Å². The Morgan fingerprint density at radius 2 is 2.04 bits per heavy atom. The summed E-state index contributed by atoms with van der Waals surface area (Å²) >= 11 is 1.49. The lowest BCUT2D eigenvalue weighted by Gasteiger charge is -2.33. The zero-order valence-electron chi connectivity index (χ0n) is 12.6. The van der Waals surface area contributed by atoms with Gasteiger partial charge in [-0.05, 0) is 17.5 Å². The monoisotopic (exact) mass is 327 g/mol. The number of rotatable bonds is 1. The Bertz CT molecular complexity index is 817. The second kappa shape index (κ2) is 5.85. The maximum atomic E-state index is 12.9. The van der Waals surface area contributed by atoms with Crippen molar-refractivity contribution in [1.82, 2.24) is 14.5 Å². The smallest absolute Gasteiger partial charge is 0.254 e. The lowest BCUT2D eigenvalue weighted by Crippen LogP contribution is -2.44. The van der Waals surface area contributed by atoms with Gasteiger partial charge in [-0.1, -0.05) is 36.0 Å². The number of nitrogens with zero attached hydrogens (tertiary/aromatic N) is 3. The van der Waals surface area contributed by atoms with Crippen LogP contribution >= 0.6 is 11.8 Å². The van der Waals surface area contributed by atoms with Gasteiger partial charge in [0.05, 0.1) is 5.92 Å². The number of fused-ring (bicyclic) bond motifs is 2. The Hall–Kier alpha value is -2.08. The van der Waals surface area contributed by atoms with Gasteiger partial charge in [0.1, 0.15) is 0 Å². The van der Waals surface area contributed by atoms with Crippen LogP contribution in [0.4, 0.5) is 0 Å². The molecule has 0 bridgehead atoms. The van der Waals surface area contributed by atoms with Gasteiger partial charge in [0.25, 0.3) is 5.56 Å². The van der Waals surface area contributed by atoms with Crippen LogP contribution in [0, 0.1) is 5.92 Å². The van der Waals surface area contributed by atoms with Gasteiger partial charge in [-0.15, -0.1) is 0 Å². The van der Waals surface area contributed by atoms with Crippen molar-refractivity contribution in [3.63, 3.8) is 0 Å². The molecule has 118 valence electrons. The predicted molar refractivity (Wildman–Crippen MR) is 88.3 cm³/mol. The summed E-state index contributed by atoms with van der Waals surface area (Å²) in [6.45, 7) is 1.86. The van der Waals surface area contributed by atoms with E-state index < -0.39 is 0 Å². The fourth-order valence-corrected chi connectivity index (χ4v) is 4.30. The summed E-state index contributed by atoms with van der Waals surface area (Å²) in [7, 11) is 0. The first-order chi connectivity index (χ1) is 11.2. The molecule has 0 radical (unpaired) electrons. The Balaban J connectivity index is 1.53. The summed E-state index contributed by atoms with van der Waals surface area (Å²) in [5.74, 6) is 0.682. The molecule has 1 atom stereocenters. The van der Waals surface area contributed by atoms with Crippen LogP contribution in [0.25, 0.3) is 0 Å². The summed E-state index contributed by atoms with van der Waals surface area (Å²) in [5.41, 5.74) is 2.49. The maximum Gasteiger partial charge on any atom is 0.254 e. The number of thioether (sulfide) groups is 1. The first-order valence-corrected chi connectivity index (χ1v) is 8.75. The molecule has 1 amide bonds. The van der Waals surface area contributed by atoms with Gasteiger partial charge in [-0.25, -0.2) is 4.98 Å². The van der Waals surface area contributed by atoms with Gasteiger partial charge in [-0.3, -0.25) is 14.2 Å². The molecule has 1 aromatic heterocycles.